The number of thioether (sulfide) groups is 1. The molecule has 0 saturated carbocycles. The average Bonchev–Trinajstić information content (AvgIpc) is 2.85. The molecule has 0 unspecified atom stereocenters. The highest BCUT2D eigenvalue weighted by Crippen LogP contribution is 2.32. The van der Waals surface area contributed by atoms with Gasteiger partial charge in [-0.2, -0.15) is 0 Å². The number of amides is 3. The molecule has 2 heterocycles. The van der Waals surface area contributed by atoms with Crippen molar-refractivity contribution in [3.63, 3.8) is 0 Å². The van der Waals surface area contributed by atoms with E-state index >= 15 is 0 Å². The number of hydrogen-bond donors (Lipinski definition) is 0. The normalized spacial score (nSPS) is 20.1. The first-order valence-electron chi connectivity index (χ1n) is 8.15. The van der Waals surface area contributed by atoms with Crippen LogP contribution >= 0.6 is 11.8 Å². The van der Waals surface area contributed by atoms with Gasteiger partial charge < -0.3 is 4.90 Å². The van der Waals surface area contributed by atoms with Gasteiger partial charge in [0.05, 0.1) is 4.91 Å². The van der Waals surface area contributed by atoms with Crippen molar-refractivity contribution < 1.29 is 14.4 Å². The van der Waals surface area contributed by atoms with E-state index in [1.54, 1.807) is 11.0 Å². The maximum Gasteiger partial charge on any atom is 0.294 e. The first-order chi connectivity index (χ1) is 11.6. The van der Waals surface area contributed by atoms with E-state index in [4.69, 9.17) is 0 Å². The van der Waals surface area contributed by atoms with Gasteiger partial charge in [0.25, 0.3) is 11.1 Å². The highest BCUT2D eigenvalue weighted by Gasteiger charge is 2.37. The maximum absolute atomic E-state index is 12.5. The second kappa shape index (κ2) is 7.21. The lowest BCUT2D eigenvalue weighted by molar-refractivity contribution is -0.136. The highest BCUT2D eigenvalue weighted by atomic mass is 32.2. The summed E-state index contributed by atoms with van der Waals surface area (Å²) in [5, 5.41) is -0.370. The summed E-state index contributed by atoms with van der Waals surface area (Å²) in [6, 6.07) is 7.68. The minimum atomic E-state index is -0.376. The predicted molar refractivity (Wildman–Crippen MR) is 94.3 cm³/mol. The lowest BCUT2D eigenvalue weighted by Crippen LogP contribution is -2.44. The molecule has 2 fully saturated rings. The van der Waals surface area contributed by atoms with E-state index in [2.05, 4.69) is 0 Å². The van der Waals surface area contributed by atoms with Crippen LogP contribution in [-0.2, 0) is 9.59 Å². The fourth-order valence-corrected chi connectivity index (χ4v) is 3.73. The monoisotopic (exact) mass is 344 g/mol. The van der Waals surface area contributed by atoms with Crippen molar-refractivity contribution in [2.45, 2.75) is 26.2 Å². The van der Waals surface area contributed by atoms with E-state index in [1.807, 2.05) is 31.2 Å². The van der Waals surface area contributed by atoms with Crippen LogP contribution in [0.2, 0.25) is 0 Å². The van der Waals surface area contributed by atoms with Crippen LogP contribution in [-0.4, -0.2) is 46.5 Å². The molecular formula is C18H20N2O3S. The smallest absolute Gasteiger partial charge is 0.294 e. The van der Waals surface area contributed by atoms with Crippen LogP contribution in [0.1, 0.15) is 30.4 Å². The van der Waals surface area contributed by atoms with Gasteiger partial charge >= 0.3 is 0 Å². The fraction of sp³-hybridized carbons (Fsp3) is 0.389. The molecule has 0 radical (unpaired) electrons. The van der Waals surface area contributed by atoms with Crippen molar-refractivity contribution in [1.29, 1.82) is 0 Å². The quantitative estimate of drug-likeness (QED) is 0.791. The Morgan fingerprint density at radius 1 is 1.17 bits per heavy atom. The van der Waals surface area contributed by atoms with Crippen LogP contribution in [0.3, 0.4) is 0 Å². The summed E-state index contributed by atoms with van der Waals surface area (Å²) in [7, 11) is 0. The molecule has 2 saturated heterocycles. The molecule has 0 N–H and O–H groups in total. The van der Waals surface area contributed by atoms with E-state index in [0.717, 1.165) is 47.1 Å². The lowest BCUT2D eigenvalue weighted by Gasteiger charge is -2.27. The van der Waals surface area contributed by atoms with E-state index in [0.29, 0.717) is 18.0 Å². The summed E-state index contributed by atoms with van der Waals surface area (Å²) in [5.74, 6) is -0.521. The van der Waals surface area contributed by atoms with Crippen LogP contribution in [0.4, 0.5) is 4.79 Å². The van der Waals surface area contributed by atoms with Crippen molar-refractivity contribution in [3.8, 4) is 0 Å². The summed E-state index contributed by atoms with van der Waals surface area (Å²) >= 11 is 0.902. The Balaban J connectivity index is 1.72. The van der Waals surface area contributed by atoms with Crippen LogP contribution in [0, 0.1) is 6.92 Å². The summed E-state index contributed by atoms with van der Waals surface area (Å²) in [4.78, 5) is 40.1. The number of hydrogen-bond acceptors (Lipinski definition) is 4. The third-order valence-corrected chi connectivity index (χ3v) is 5.26. The number of carbonyl (C=O) groups excluding carboxylic acids is 3. The topological polar surface area (TPSA) is 57.7 Å². The van der Waals surface area contributed by atoms with Crippen molar-refractivity contribution in [2.75, 3.05) is 19.6 Å². The van der Waals surface area contributed by atoms with Crippen LogP contribution in [0.15, 0.2) is 29.2 Å². The molecule has 0 atom stereocenters. The molecule has 0 spiro atoms. The number of aryl methyl sites for hydroxylation is 1. The number of benzene rings is 1. The van der Waals surface area contributed by atoms with Gasteiger partial charge in [0.2, 0.25) is 5.91 Å². The number of carbonyl (C=O) groups is 3. The van der Waals surface area contributed by atoms with E-state index in [-0.39, 0.29) is 23.6 Å². The van der Waals surface area contributed by atoms with Crippen molar-refractivity contribution >= 4 is 34.9 Å². The summed E-state index contributed by atoms with van der Waals surface area (Å²) in [6.07, 6.45) is 4.83. The zero-order valence-corrected chi connectivity index (χ0v) is 14.5. The minimum absolute atomic E-state index is 0.144. The zero-order chi connectivity index (χ0) is 17.1. The van der Waals surface area contributed by atoms with E-state index in [9.17, 15) is 14.4 Å². The molecule has 5 nitrogen and oxygen atoms in total. The van der Waals surface area contributed by atoms with Gasteiger partial charge in [-0.15, -0.1) is 0 Å². The largest absolute Gasteiger partial charge is 0.341 e. The number of piperidine rings is 1. The Labute approximate surface area is 145 Å². The SMILES string of the molecule is Cc1ccccc1/C=C1\SC(=O)N(CC(=O)N2CCCCC2)C1=O. The molecular weight excluding hydrogens is 324 g/mol. The second-order valence-corrected chi connectivity index (χ2v) is 7.06. The molecule has 1 aromatic rings. The average molecular weight is 344 g/mol. The van der Waals surface area contributed by atoms with Crippen LogP contribution < -0.4 is 0 Å². The first kappa shape index (κ1) is 16.8. The summed E-state index contributed by atoms with van der Waals surface area (Å²) in [6.45, 7) is 3.23. The van der Waals surface area contributed by atoms with Crippen molar-refractivity contribution in [1.82, 2.24) is 9.80 Å². The lowest BCUT2D eigenvalue weighted by atomic mass is 10.1. The van der Waals surface area contributed by atoms with E-state index < -0.39 is 0 Å². The number of imide groups is 1. The Hall–Kier alpha value is -2.08. The molecule has 0 aliphatic carbocycles. The molecule has 0 bridgehead atoms. The molecule has 1 aromatic carbocycles. The minimum Gasteiger partial charge on any atom is -0.341 e. The van der Waals surface area contributed by atoms with Gasteiger partial charge in [-0.3, -0.25) is 19.3 Å². The zero-order valence-electron chi connectivity index (χ0n) is 13.7. The Morgan fingerprint density at radius 2 is 1.88 bits per heavy atom. The first-order valence-corrected chi connectivity index (χ1v) is 8.96. The van der Waals surface area contributed by atoms with Gasteiger partial charge in [0, 0.05) is 13.1 Å². The summed E-state index contributed by atoms with van der Waals surface area (Å²) in [5.41, 5.74) is 1.94. The standard InChI is InChI=1S/C18H20N2O3S/c1-13-7-3-4-8-14(13)11-15-17(22)20(18(23)24-15)12-16(21)19-9-5-2-6-10-19/h3-4,7-8,11H,2,5-6,9-10,12H2,1H3/b15-11-. The number of rotatable bonds is 3. The van der Waals surface area contributed by atoms with E-state index in [1.165, 1.54) is 0 Å². The molecule has 2 aliphatic heterocycles. The maximum atomic E-state index is 12.5. The fourth-order valence-electron chi connectivity index (χ4n) is 2.90. The molecule has 3 amide bonds. The third-order valence-electron chi connectivity index (χ3n) is 4.35. The molecule has 126 valence electrons. The molecule has 6 heteroatoms. The molecule has 24 heavy (non-hydrogen) atoms. The van der Waals surface area contributed by atoms with Gasteiger partial charge in [-0.25, -0.2) is 0 Å². The second-order valence-electron chi connectivity index (χ2n) is 6.07. The molecule has 0 aromatic heterocycles. The highest BCUT2D eigenvalue weighted by molar-refractivity contribution is 8.18. The van der Waals surface area contributed by atoms with Crippen molar-refractivity contribution in [2.24, 2.45) is 0 Å². The van der Waals surface area contributed by atoms with Gasteiger partial charge in [-0.05, 0) is 55.2 Å². The van der Waals surface area contributed by atoms with Gasteiger partial charge in [0.15, 0.2) is 0 Å². The molecule has 2 aliphatic rings. The number of nitrogens with zero attached hydrogens (tertiary/aromatic N) is 2. The Bertz CT molecular complexity index is 708. The number of likely N-dealkylation sites (tertiary alicyclic amines) is 1. The predicted octanol–water partition coefficient (Wildman–Crippen LogP) is 3.04. The Kier molecular flexibility index (Phi) is 5.04. The molecule has 3 rings (SSSR count). The van der Waals surface area contributed by atoms with Crippen LogP contribution in [0.5, 0.6) is 0 Å². The third kappa shape index (κ3) is 3.53. The summed E-state index contributed by atoms with van der Waals surface area (Å²) < 4.78 is 0. The van der Waals surface area contributed by atoms with Crippen molar-refractivity contribution in [3.05, 3.63) is 40.3 Å². The van der Waals surface area contributed by atoms with Gasteiger partial charge in [0.1, 0.15) is 6.54 Å². The van der Waals surface area contributed by atoms with Gasteiger partial charge in [-0.1, -0.05) is 24.3 Å². The Morgan fingerprint density at radius 3 is 2.58 bits per heavy atom. The van der Waals surface area contributed by atoms with Crippen LogP contribution in [0.25, 0.3) is 6.08 Å².